The zero-order valence-electron chi connectivity index (χ0n) is 12.1. The maximum absolute atomic E-state index is 12.3. The van der Waals surface area contributed by atoms with Crippen molar-refractivity contribution >= 4 is 27.6 Å². The zero-order valence-corrected chi connectivity index (χ0v) is 12.9. The lowest BCUT2D eigenvalue weighted by Gasteiger charge is -2.11. The maximum Gasteiger partial charge on any atom is 0.261 e. The minimum atomic E-state index is -3.94. The average molecular weight is 333 g/mol. The van der Waals surface area contributed by atoms with Gasteiger partial charge in [-0.3, -0.25) is 9.52 Å². The van der Waals surface area contributed by atoms with Gasteiger partial charge in [0, 0.05) is 11.3 Å². The molecule has 0 atom stereocenters. The molecule has 23 heavy (non-hydrogen) atoms. The summed E-state index contributed by atoms with van der Waals surface area (Å²) in [5, 5.41) is 10.7. The minimum absolute atomic E-state index is 0.0701. The number of carboxylic acid groups (broad SMARTS) is 1. The van der Waals surface area contributed by atoms with Crippen LogP contribution in [0.25, 0.3) is 0 Å². The number of carboxylic acids is 1. The fraction of sp³-hybridized carbons (Fsp3) is 0.0667. The Morgan fingerprint density at radius 3 is 2.22 bits per heavy atom. The number of nitrogens with one attached hydrogen (secondary N) is 1. The van der Waals surface area contributed by atoms with E-state index in [2.05, 4.69) is 4.72 Å². The first-order valence-electron chi connectivity index (χ1n) is 6.45. The van der Waals surface area contributed by atoms with Crippen molar-refractivity contribution in [1.29, 1.82) is 0 Å². The fourth-order valence-corrected chi connectivity index (χ4v) is 3.01. The maximum atomic E-state index is 12.3. The lowest BCUT2D eigenvalue weighted by Crippen LogP contribution is -2.22. The molecule has 0 spiro atoms. The van der Waals surface area contributed by atoms with Gasteiger partial charge in [-0.05, 0) is 42.3 Å². The molecule has 3 N–H and O–H groups in total. The molecule has 0 aliphatic heterocycles. The van der Waals surface area contributed by atoms with Gasteiger partial charge in [-0.1, -0.05) is 18.2 Å². The number of nitrogens with two attached hydrogens (primary N) is 1. The van der Waals surface area contributed by atoms with E-state index in [4.69, 9.17) is 5.73 Å². The van der Waals surface area contributed by atoms with Gasteiger partial charge in [-0.15, -0.1) is 0 Å². The number of carbonyl (C=O) groups excluding carboxylic acids is 2. The topological polar surface area (TPSA) is 129 Å². The number of aromatic carboxylic acids is 1. The third-order valence-electron chi connectivity index (χ3n) is 3.16. The second kappa shape index (κ2) is 6.09. The smallest absolute Gasteiger partial charge is 0.261 e. The molecule has 0 unspecified atom stereocenters. The van der Waals surface area contributed by atoms with Gasteiger partial charge >= 0.3 is 0 Å². The quantitative estimate of drug-likeness (QED) is 0.810. The van der Waals surface area contributed by atoms with Gasteiger partial charge in [0.25, 0.3) is 10.0 Å². The van der Waals surface area contributed by atoms with Crippen molar-refractivity contribution in [2.45, 2.75) is 11.8 Å². The van der Waals surface area contributed by atoms with Crippen LogP contribution in [0, 0.1) is 6.92 Å². The number of primary amides is 1. The van der Waals surface area contributed by atoms with Crippen molar-refractivity contribution in [3.63, 3.8) is 0 Å². The summed E-state index contributed by atoms with van der Waals surface area (Å²) in [7, 11) is -3.94. The molecule has 0 saturated heterocycles. The Labute approximate surface area is 132 Å². The molecule has 0 aromatic heterocycles. The number of benzene rings is 2. The molecule has 7 nitrogen and oxygen atoms in total. The van der Waals surface area contributed by atoms with E-state index >= 15 is 0 Å². The number of amides is 1. The predicted octanol–water partition coefficient (Wildman–Crippen LogP) is 0.258. The highest BCUT2D eigenvalue weighted by Crippen LogP contribution is 2.19. The van der Waals surface area contributed by atoms with Crippen LogP contribution in [0.2, 0.25) is 0 Å². The summed E-state index contributed by atoms with van der Waals surface area (Å²) >= 11 is 0. The molecule has 0 radical (unpaired) electrons. The molecule has 0 aliphatic rings. The first-order chi connectivity index (χ1) is 10.7. The highest BCUT2D eigenvalue weighted by atomic mass is 32.2. The van der Waals surface area contributed by atoms with E-state index in [1.807, 2.05) is 0 Å². The summed E-state index contributed by atoms with van der Waals surface area (Å²) in [5.41, 5.74) is 5.99. The van der Waals surface area contributed by atoms with Crippen LogP contribution in [0.5, 0.6) is 0 Å². The molecule has 120 valence electrons. The van der Waals surface area contributed by atoms with Crippen molar-refractivity contribution in [3.05, 3.63) is 59.2 Å². The molecular formula is C15H13N2O5S-. The van der Waals surface area contributed by atoms with Crippen molar-refractivity contribution in [1.82, 2.24) is 0 Å². The Hall–Kier alpha value is -2.87. The predicted molar refractivity (Wildman–Crippen MR) is 81.3 cm³/mol. The van der Waals surface area contributed by atoms with Crippen molar-refractivity contribution < 1.29 is 23.1 Å². The molecule has 2 rings (SSSR count). The Bertz CT molecular complexity index is 873. The summed E-state index contributed by atoms with van der Waals surface area (Å²) in [6.07, 6.45) is 0. The average Bonchev–Trinajstić information content (AvgIpc) is 2.47. The van der Waals surface area contributed by atoms with E-state index in [1.54, 1.807) is 6.92 Å². The van der Waals surface area contributed by atoms with E-state index in [-0.39, 0.29) is 21.7 Å². The summed E-state index contributed by atoms with van der Waals surface area (Å²) in [6.45, 7) is 1.64. The molecule has 0 saturated carbocycles. The van der Waals surface area contributed by atoms with Crippen molar-refractivity contribution in [3.8, 4) is 0 Å². The van der Waals surface area contributed by atoms with Gasteiger partial charge in [0.05, 0.1) is 10.9 Å². The van der Waals surface area contributed by atoms with Gasteiger partial charge in [0.15, 0.2) is 0 Å². The third-order valence-corrected chi connectivity index (χ3v) is 4.54. The summed E-state index contributed by atoms with van der Waals surface area (Å²) in [4.78, 5) is 21.8. The van der Waals surface area contributed by atoms with Crippen LogP contribution in [0.1, 0.15) is 26.3 Å². The van der Waals surface area contributed by atoms with Crippen LogP contribution >= 0.6 is 0 Å². The number of hydrogen-bond acceptors (Lipinski definition) is 5. The Balaban J connectivity index is 2.33. The van der Waals surface area contributed by atoms with Gasteiger partial charge < -0.3 is 15.6 Å². The highest BCUT2D eigenvalue weighted by Gasteiger charge is 2.17. The molecule has 8 heteroatoms. The summed E-state index contributed by atoms with van der Waals surface area (Å²) in [6, 6.07) is 9.05. The summed E-state index contributed by atoms with van der Waals surface area (Å²) in [5.74, 6) is -2.08. The monoisotopic (exact) mass is 333 g/mol. The van der Waals surface area contributed by atoms with Gasteiger partial charge in [0.2, 0.25) is 5.91 Å². The first kappa shape index (κ1) is 16.5. The SMILES string of the molecule is Cc1ccc(S(=O)(=O)Nc2ccc(C(=O)[O-])cc2)cc1C(N)=O. The molecule has 2 aromatic rings. The van der Waals surface area contributed by atoms with E-state index in [0.717, 1.165) is 0 Å². The van der Waals surface area contributed by atoms with Crippen LogP contribution in [0.4, 0.5) is 5.69 Å². The first-order valence-corrected chi connectivity index (χ1v) is 7.94. The number of rotatable bonds is 5. The molecule has 0 bridgehead atoms. The van der Waals surface area contributed by atoms with Gasteiger partial charge in [-0.2, -0.15) is 0 Å². The van der Waals surface area contributed by atoms with E-state index < -0.39 is 21.9 Å². The van der Waals surface area contributed by atoms with E-state index in [1.165, 1.54) is 42.5 Å². The van der Waals surface area contributed by atoms with Crippen molar-refractivity contribution in [2.24, 2.45) is 5.73 Å². The molecule has 0 fully saturated rings. The van der Waals surface area contributed by atoms with Crippen LogP contribution in [0.15, 0.2) is 47.4 Å². The zero-order chi connectivity index (χ0) is 17.2. The van der Waals surface area contributed by atoms with Gasteiger partial charge in [0.1, 0.15) is 0 Å². The Kier molecular flexibility index (Phi) is 4.37. The number of hydrogen-bond donors (Lipinski definition) is 2. The molecule has 2 aromatic carbocycles. The van der Waals surface area contributed by atoms with E-state index in [9.17, 15) is 23.1 Å². The summed E-state index contributed by atoms with van der Waals surface area (Å²) < 4.78 is 26.9. The largest absolute Gasteiger partial charge is 0.545 e. The van der Waals surface area contributed by atoms with Crippen LogP contribution < -0.4 is 15.6 Å². The molecular weight excluding hydrogens is 320 g/mol. The Morgan fingerprint density at radius 1 is 1.09 bits per heavy atom. The van der Waals surface area contributed by atoms with Gasteiger partial charge in [-0.25, -0.2) is 8.42 Å². The fourth-order valence-electron chi connectivity index (χ4n) is 1.92. The number of aryl methyl sites for hydroxylation is 1. The number of anilines is 1. The second-order valence-corrected chi connectivity index (χ2v) is 6.49. The lowest BCUT2D eigenvalue weighted by molar-refractivity contribution is -0.255. The van der Waals surface area contributed by atoms with Crippen LogP contribution in [0.3, 0.4) is 0 Å². The molecule has 0 heterocycles. The van der Waals surface area contributed by atoms with E-state index in [0.29, 0.717) is 5.56 Å². The molecule has 0 aliphatic carbocycles. The second-order valence-electron chi connectivity index (χ2n) is 4.81. The Morgan fingerprint density at radius 2 is 1.70 bits per heavy atom. The molecule has 1 amide bonds. The highest BCUT2D eigenvalue weighted by molar-refractivity contribution is 7.92. The lowest BCUT2D eigenvalue weighted by atomic mass is 10.1. The van der Waals surface area contributed by atoms with Crippen LogP contribution in [-0.4, -0.2) is 20.3 Å². The standard InChI is InChI=1S/C15H14N2O5S/c1-9-2-7-12(8-13(9)14(16)18)23(21,22)17-11-5-3-10(4-6-11)15(19)20/h2-8,17H,1H3,(H2,16,18)(H,19,20)/p-1. The number of carbonyl (C=O) groups is 2. The normalized spacial score (nSPS) is 11.0. The van der Waals surface area contributed by atoms with Crippen molar-refractivity contribution in [2.75, 3.05) is 4.72 Å². The minimum Gasteiger partial charge on any atom is -0.545 e. The third kappa shape index (κ3) is 3.67. The number of sulfonamides is 1. The van der Waals surface area contributed by atoms with Crippen LogP contribution in [-0.2, 0) is 10.0 Å².